The number of rotatable bonds is 9. The number of amides is 2. The highest BCUT2D eigenvalue weighted by molar-refractivity contribution is 7.09. The third-order valence-corrected chi connectivity index (χ3v) is 6.66. The van der Waals surface area contributed by atoms with Crippen molar-refractivity contribution in [3.05, 3.63) is 75.7 Å². The molecule has 3 aromatic rings. The van der Waals surface area contributed by atoms with E-state index in [2.05, 4.69) is 15.6 Å². The maximum Gasteiger partial charge on any atom is 0.407 e. The fourth-order valence-corrected chi connectivity index (χ4v) is 4.88. The van der Waals surface area contributed by atoms with E-state index >= 15 is 0 Å². The molecule has 1 unspecified atom stereocenters. The first kappa shape index (κ1) is 23.4. The Labute approximate surface area is 201 Å². The van der Waals surface area contributed by atoms with E-state index in [0.717, 1.165) is 33.0 Å². The number of fused-ring (bicyclic) bond motifs is 3. The highest BCUT2D eigenvalue weighted by atomic mass is 32.1. The monoisotopic (exact) mass is 479 g/mol. The number of aromatic nitrogens is 1. The van der Waals surface area contributed by atoms with Crippen LogP contribution in [-0.2, 0) is 20.7 Å². The molecule has 1 aliphatic carbocycles. The lowest BCUT2D eigenvalue weighted by molar-refractivity contribution is -0.139. The van der Waals surface area contributed by atoms with E-state index in [9.17, 15) is 19.5 Å². The fraction of sp³-hybridized carbons (Fsp3) is 0.280. The molecule has 0 saturated carbocycles. The predicted molar refractivity (Wildman–Crippen MR) is 128 cm³/mol. The van der Waals surface area contributed by atoms with Gasteiger partial charge in [-0.3, -0.25) is 9.59 Å². The van der Waals surface area contributed by atoms with E-state index in [1.165, 1.54) is 11.3 Å². The summed E-state index contributed by atoms with van der Waals surface area (Å²) in [5.74, 6) is -1.91. The Balaban J connectivity index is 1.35. The van der Waals surface area contributed by atoms with Crippen molar-refractivity contribution in [3.8, 4) is 11.1 Å². The molecular weight excluding hydrogens is 454 g/mol. The van der Waals surface area contributed by atoms with Gasteiger partial charge in [-0.1, -0.05) is 48.5 Å². The van der Waals surface area contributed by atoms with E-state index in [4.69, 9.17) is 4.74 Å². The van der Waals surface area contributed by atoms with Gasteiger partial charge in [-0.05, 0) is 29.2 Å². The largest absolute Gasteiger partial charge is 0.481 e. The summed E-state index contributed by atoms with van der Waals surface area (Å²) in [6.07, 6.45) is -0.861. The van der Waals surface area contributed by atoms with Gasteiger partial charge in [0.05, 0.1) is 11.4 Å². The van der Waals surface area contributed by atoms with Gasteiger partial charge < -0.3 is 20.5 Å². The molecular formula is C25H25N3O5S. The Morgan fingerprint density at radius 2 is 1.74 bits per heavy atom. The number of aliphatic carboxylic acids is 1. The Kier molecular flexibility index (Phi) is 7.22. The number of hydrogen-bond acceptors (Lipinski definition) is 6. The Bertz CT molecular complexity index is 1160. The molecule has 1 aliphatic rings. The summed E-state index contributed by atoms with van der Waals surface area (Å²) >= 11 is 1.49. The maximum atomic E-state index is 12.5. The smallest absolute Gasteiger partial charge is 0.407 e. The molecule has 0 saturated heterocycles. The van der Waals surface area contributed by atoms with E-state index in [1.54, 1.807) is 0 Å². The number of nitrogens with zero attached hydrogens (tertiary/aromatic N) is 1. The van der Waals surface area contributed by atoms with Crippen LogP contribution in [0.2, 0.25) is 0 Å². The van der Waals surface area contributed by atoms with Crippen molar-refractivity contribution >= 4 is 29.3 Å². The first-order valence-corrected chi connectivity index (χ1v) is 11.8. The maximum absolute atomic E-state index is 12.5. The number of benzene rings is 2. The highest BCUT2D eigenvalue weighted by Gasteiger charge is 2.30. The van der Waals surface area contributed by atoms with Crippen molar-refractivity contribution in [2.24, 2.45) is 0 Å². The van der Waals surface area contributed by atoms with Crippen LogP contribution >= 0.6 is 11.3 Å². The summed E-state index contributed by atoms with van der Waals surface area (Å²) in [4.78, 5) is 40.6. The summed E-state index contributed by atoms with van der Waals surface area (Å²) in [7, 11) is 0. The normalized spacial score (nSPS) is 13.0. The van der Waals surface area contributed by atoms with Crippen LogP contribution < -0.4 is 10.6 Å². The van der Waals surface area contributed by atoms with Gasteiger partial charge in [0, 0.05) is 30.0 Å². The number of carboxylic acid groups (broad SMARTS) is 1. The Morgan fingerprint density at radius 3 is 2.32 bits per heavy atom. The van der Waals surface area contributed by atoms with Crippen molar-refractivity contribution in [1.29, 1.82) is 0 Å². The molecule has 0 aliphatic heterocycles. The Morgan fingerprint density at radius 1 is 1.09 bits per heavy atom. The average Bonchev–Trinajstić information content (AvgIpc) is 3.37. The number of ether oxygens (including phenoxy) is 1. The molecule has 0 bridgehead atoms. The van der Waals surface area contributed by atoms with Crippen molar-refractivity contribution in [2.45, 2.75) is 31.7 Å². The molecule has 34 heavy (non-hydrogen) atoms. The van der Waals surface area contributed by atoms with Crippen molar-refractivity contribution < 1.29 is 24.2 Å². The minimum Gasteiger partial charge on any atom is -0.481 e. The molecule has 1 heterocycles. The lowest BCUT2D eigenvalue weighted by Crippen LogP contribution is -2.48. The van der Waals surface area contributed by atoms with Gasteiger partial charge >= 0.3 is 12.1 Å². The lowest BCUT2D eigenvalue weighted by Gasteiger charge is -2.18. The van der Waals surface area contributed by atoms with Gasteiger partial charge in [0.1, 0.15) is 12.6 Å². The number of alkyl carbamates (subject to hydrolysis) is 1. The van der Waals surface area contributed by atoms with Crippen molar-refractivity contribution in [3.63, 3.8) is 0 Å². The van der Waals surface area contributed by atoms with Crippen LogP contribution in [0.1, 0.15) is 34.2 Å². The third kappa shape index (κ3) is 5.43. The average molecular weight is 480 g/mol. The van der Waals surface area contributed by atoms with Gasteiger partial charge in [-0.2, -0.15) is 0 Å². The van der Waals surface area contributed by atoms with Crippen molar-refractivity contribution in [1.82, 2.24) is 15.6 Å². The molecule has 176 valence electrons. The van der Waals surface area contributed by atoms with Crippen LogP contribution in [0.5, 0.6) is 0 Å². The molecule has 3 N–H and O–H groups in total. The summed E-state index contributed by atoms with van der Waals surface area (Å²) in [6, 6.07) is 14.7. The second kappa shape index (κ2) is 10.5. The molecule has 1 aromatic heterocycles. The molecule has 2 amide bonds. The number of nitrogens with one attached hydrogen (secondary N) is 2. The molecule has 9 heteroatoms. The summed E-state index contributed by atoms with van der Waals surface area (Å²) in [6.45, 7) is 2.25. The fourth-order valence-electron chi connectivity index (χ4n) is 4.10. The van der Waals surface area contributed by atoms with Crippen molar-refractivity contribution in [2.75, 3.05) is 13.2 Å². The zero-order valence-corrected chi connectivity index (χ0v) is 19.4. The van der Waals surface area contributed by atoms with E-state index in [-0.39, 0.29) is 19.1 Å². The molecule has 0 radical (unpaired) electrons. The van der Waals surface area contributed by atoms with Crippen LogP contribution in [-0.4, -0.2) is 47.3 Å². The molecule has 4 rings (SSSR count). The van der Waals surface area contributed by atoms with Crippen LogP contribution in [0.3, 0.4) is 0 Å². The minimum absolute atomic E-state index is 0.0741. The Hall–Kier alpha value is -3.72. The predicted octanol–water partition coefficient (Wildman–Crippen LogP) is 3.49. The summed E-state index contributed by atoms with van der Waals surface area (Å²) in [5.41, 5.74) is 5.24. The van der Waals surface area contributed by atoms with E-state index in [0.29, 0.717) is 6.42 Å². The number of thiazole rings is 1. The van der Waals surface area contributed by atoms with E-state index < -0.39 is 30.4 Å². The molecule has 0 fully saturated rings. The number of carbonyl (C=O) groups excluding carboxylic acids is 2. The second-order valence-corrected chi connectivity index (χ2v) is 8.99. The topological polar surface area (TPSA) is 118 Å². The van der Waals surface area contributed by atoms with Gasteiger partial charge in [-0.15, -0.1) is 11.3 Å². The van der Waals surface area contributed by atoms with Crippen LogP contribution in [0.15, 0.2) is 53.9 Å². The molecule has 1 atom stereocenters. The highest BCUT2D eigenvalue weighted by Crippen LogP contribution is 2.44. The van der Waals surface area contributed by atoms with Crippen LogP contribution in [0.4, 0.5) is 4.79 Å². The number of aryl methyl sites for hydroxylation is 1. The first-order chi connectivity index (χ1) is 16.4. The van der Waals surface area contributed by atoms with Crippen LogP contribution in [0.25, 0.3) is 11.1 Å². The van der Waals surface area contributed by atoms with Gasteiger partial charge in [0.15, 0.2) is 0 Å². The molecule has 0 spiro atoms. The number of hydrogen-bond donors (Lipinski definition) is 3. The van der Waals surface area contributed by atoms with Gasteiger partial charge in [0.25, 0.3) is 0 Å². The number of carboxylic acids is 1. The zero-order chi connectivity index (χ0) is 24.1. The second-order valence-electron chi connectivity index (χ2n) is 8.04. The minimum atomic E-state index is -1.24. The zero-order valence-electron chi connectivity index (χ0n) is 18.6. The quantitative estimate of drug-likeness (QED) is 0.432. The van der Waals surface area contributed by atoms with Gasteiger partial charge in [0.2, 0.25) is 5.91 Å². The first-order valence-electron chi connectivity index (χ1n) is 10.9. The van der Waals surface area contributed by atoms with E-state index in [1.807, 2.05) is 60.8 Å². The summed E-state index contributed by atoms with van der Waals surface area (Å²) in [5, 5.41) is 17.1. The summed E-state index contributed by atoms with van der Waals surface area (Å²) < 4.78 is 5.45. The van der Waals surface area contributed by atoms with Crippen LogP contribution in [0, 0.1) is 6.92 Å². The van der Waals surface area contributed by atoms with Gasteiger partial charge in [-0.25, -0.2) is 9.78 Å². The third-order valence-electron chi connectivity index (χ3n) is 5.64. The molecule has 8 nitrogen and oxygen atoms in total. The standard InChI is InChI=1S/C25H25N3O5S/c1-15-14-34-22(27-15)10-11-26-24(31)21(12-23(29)30)28-25(32)33-13-20-18-8-4-2-6-16(18)17-7-3-5-9-19(17)20/h2-9,14,20-21H,10-13H2,1H3,(H,26,31)(H,28,32)(H,29,30). The lowest BCUT2D eigenvalue weighted by atomic mass is 9.98. The number of carbonyl (C=O) groups is 3. The molecule has 2 aromatic carbocycles. The SMILES string of the molecule is Cc1csc(CCNC(=O)C(CC(=O)O)NC(=O)OCC2c3ccccc3-c3ccccc32)n1.